The van der Waals surface area contributed by atoms with Crippen LogP contribution in [0.4, 0.5) is 4.39 Å². The Balaban J connectivity index is 2.91. The van der Waals surface area contributed by atoms with E-state index in [4.69, 9.17) is 11.6 Å². The van der Waals surface area contributed by atoms with Gasteiger partial charge in [0.05, 0.1) is 0 Å². The van der Waals surface area contributed by atoms with Gasteiger partial charge in [-0.2, -0.15) is 0 Å². The molecule has 2 aromatic rings. The maximum Gasteiger partial charge on any atom is 0.151 e. The van der Waals surface area contributed by atoms with E-state index in [2.05, 4.69) is 0 Å². The Morgan fingerprint density at radius 3 is 2.92 bits per heavy atom. The summed E-state index contributed by atoms with van der Waals surface area (Å²) < 4.78 is 13.7. The van der Waals surface area contributed by atoms with E-state index in [1.165, 1.54) is 28.8 Å². The molecule has 0 aliphatic carbocycles. The first-order valence-electron chi connectivity index (χ1n) is 3.54. The molecule has 0 saturated heterocycles. The first-order valence-corrected chi connectivity index (χ1v) is 4.79. The fourth-order valence-electron chi connectivity index (χ4n) is 1.19. The van der Waals surface area contributed by atoms with Crippen molar-refractivity contribution >= 4 is 39.3 Å². The molecule has 1 aromatic carbocycles. The number of aldehydes is 1. The summed E-state index contributed by atoms with van der Waals surface area (Å²) in [6.45, 7) is 0. The zero-order valence-electron chi connectivity index (χ0n) is 6.38. The smallest absolute Gasteiger partial charge is 0.151 e. The van der Waals surface area contributed by atoms with Gasteiger partial charge in [0, 0.05) is 26.1 Å². The van der Waals surface area contributed by atoms with Crippen molar-refractivity contribution in [2.75, 3.05) is 0 Å². The summed E-state index contributed by atoms with van der Waals surface area (Å²) in [5.41, 5.74) is 0.441. The van der Waals surface area contributed by atoms with Gasteiger partial charge in [-0.05, 0) is 12.1 Å². The van der Waals surface area contributed by atoms with E-state index >= 15 is 0 Å². The van der Waals surface area contributed by atoms with Gasteiger partial charge in [-0.3, -0.25) is 4.79 Å². The SMILES string of the molecule is O=Cc1cc(Cl)cc2c(F)csc12. The number of halogens is 2. The minimum atomic E-state index is -0.328. The third-order valence-electron chi connectivity index (χ3n) is 1.75. The Morgan fingerprint density at radius 2 is 2.23 bits per heavy atom. The summed E-state index contributed by atoms with van der Waals surface area (Å²) in [6.07, 6.45) is 0.685. The summed E-state index contributed by atoms with van der Waals surface area (Å²) >= 11 is 6.92. The van der Waals surface area contributed by atoms with Crippen molar-refractivity contribution in [3.63, 3.8) is 0 Å². The van der Waals surface area contributed by atoms with Crippen molar-refractivity contribution < 1.29 is 9.18 Å². The Hall–Kier alpha value is -0.930. The first kappa shape index (κ1) is 8.66. The van der Waals surface area contributed by atoms with Crippen LogP contribution in [0.25, 0.3) is 10.1 Å². The Morgan fingerprint density at radius 1 is 1.46 bits per heavy atom. The highest BCUT2D eigenvalue weighted by atomic mass is 35.5. The summed E-state index contributed by atoms with van der Waals surface area (Å²) in [5, 5.41) is 2.17. The lowest BCUT2D eigenvalue weighted by Crippen LogP contribution is -1.80. The Kier molecular flexibility index (Phi) is 2.06. The molecule has 0 aliphatic rings. The van der Waals surface area contributed by atoms with Crippen LogP contribution < -0.4 is 0 Å². The molecule has 0 fully saturated rings. The van der Waals surface area contributed by atoms with Crippen molar-refractivity contribution in [2.24, 2.45) is 0 Å². The molecule has 1 heterocycles. The van der Waals surface area contributed by atoms with Crippen LogP contribution in [0.5, 0.6) is 0 Å². The number of rotatable bonds is 1. The highest BCUT2D eigenvalue weighted by Crippen LogP contribution is 2.30. The molecule has 0 unspecified atom stereocenters. The number of hydrogen-bond acceptors (Lipinski definition) is 2. The van der Waals surface area contributed by atoms with Gasteiger partial charge in [-0.15, -0.1) is 11.3 Å². The lowest BCUT2D eigenvalue weighted by molar-refractivity contribution is 0.112. The molecule has 0 N–H and O–H groups in total. The van der Waals surface area contributed by atoms with Crippen molar-refractivity contribution in [2.45, 2.75) is 0 Å². The number of carbonyl (C=O) groups is 1. The van der Waals surface area contributed by atoms with Gasteiger partial charge in [0.25, 0.3) is 0 Å². The summed E-state index contributed by atoms with van der Waals surface area (Å²) in [7, 11) is 0. The van der Waals surface area contributed by atoms with Gasteiger partial charge in [-0.1, -0.05) is 11.6 Å². The molecule has 1 nitrogen and oxygen atoms in total. The maximum atomic E-state index is 13.1. The zero-order chi connectivity index (χ0) is 9.42. The fourth-order valence-corrected chi connectivity index (χ4v) is 2.29. The number of thiophene rings is 1. The normalized spacial score (nSPS) is 10.6. The highest BCUT2D eigenvalue weighted by molar-refractivity contribution is 7.17. The van der Waals surface area contributed by atoms with Crippen LogP contribution in [-0.2, 0) is 0 Å². The molecule has 4 heteroatoms. The van der Waals surface area contributed by atoms with Crippen molar-refractivity contribution in [3.8, 4) is 0 Å². The minimum Gasteiger partial charge on any atom is -0.298 e. The van der Waals surface area contributed by atoms with Crippen molar-refractivity contribution in [3.05, 3.63) is 33.9 Å². The van der Waals surface area contributed by atoms with Crippen LogP contribution in [0, 0.1) is 5.82 Å². The second-order valence-corrected chi connectivity index (χ2v) is 3.89. The standard InChI is InChI=1S/C9H4ClFOS/c10-6-1-5(3-12)9-7(2-6)8(11)4-13-9/h1-4H. The minimum absolute atomic E-state index is 0.328. The summed E-state index contributed by atoms with van der Waals surface area (Å²) in [4.78, 5) is 10.6. The van der Waals surface area contributed by atoms with Gasteiger partial charge < -0.3 is 0 Å². The largest absolute Gasteiger partial charge is 0.298 e. The molecule has 0 atom stereocenters. The van der Waals surface area contributed by atoms with E-state index in [-0.39, 0.29) is 5.82 Å². The molecule has 0 aliphatic heterocycles. The molecule has 2 rings (SSSR count). The molecule has 0 amide bonds. The van der Waals surface area contributed by atoms with Crippen LogP contribution in [0.3, 0.4) is 0 Å². The number of carbonyl (C=O) groups excluding carboxylic acids is 1. The van der Waals surface area contributed by atoms with E-state index < -0.39 is 0 Å². The van der Waals surface area contributed by atoms with Crippen molar-refractivity contribution in [1.29, 1.82) is 0 Å². The van der Waals surface area contributed by atoms with Crippen LogP contribution in [-0.4, -0.2) is 6.29 Å². The molecule has 1 aromatic heterocycles. The van der Waals surface area contributed by atoms with E-state index in [9.17, 15) is 9.18 Å². The molecule has 0 radical (unpaired) electrons. The van der Waals surface area contributed by atoms with Gasteiger partial charge >= 0.3 is 0 Å². The van der Waals surface area contributed by atoms with Crippen LogP contribution >= 0.6 is 22.9 Å². The third-order valence-corrected chi connectivity index (χ3v) is 2.98. The first-order chi connectivity index (χ1) is 6.22. The van der Waals surface area contributed by atoms with E-state index in [0.29, 0.717) is 27.0 Å². The molecule has 13 heavy (non-hydrogen) atoms. The number of hydrogen-bond donors (Lipinski definition) is 0. The molecule has 0 spiro atoms. The second kappa shape index (κ2) is 3.09. The molecule has 0 saturated carbocycles. The van der Waals surface area contributed by atoms with Gasteiger partial charge in [0.2, 0.25) is 0 Å². The van der Waals surface area contributed by atoms with E-state index in [1.807, 2.05) is 0 Å². The average Bonchev–Trinajstić information content (AvgIpc) is 2.47. The van der Waals surface area contributed by atoms with Crippen molar-refractivity contribution in [1.82, 2.24) is 0 Å². The molecule has 0 bridgehead atoms. The lowest BCUT2D eigenvalue weighted by Gasteiger charge is -1.95. The number of fused-ring (bicyclic) bond motifs is 1. The predicted octanol–water partition coefficient (Wildman–Crippen LogP) is 3.51. The quantitative estimate of drug-likeness (QED) is 0.664. The van der Waals surface area contributed by atoms with Gasteiger partial charge in [0.15, 0.2) is 6.29 Å². The molecule has 66 valence electrons. The monoisotopic (exact) mass is 214 g/mol. The lowest BCUT2D eigenvalue weighted by atomic mass is 10.2. The fraction of sp³-hybridized carbons (Fsp3) is 0. The van der Waals surface area contributed by atoms with Crippen LogP contribution in [0.2, 0.25) is 5.02 Å². The molecular formula is C9H4ClFOS. The van der Waals surface area contributed by atoms with Gasteiger partial charge in [-0.25, -0.2) is 4.39 Å². The van der Waals surface area contributed by atoms with Crippen LogP contribution in [0.1, 0.15) is 10.4 Å². The summed E-state index contributed by atoms with van der Waals surface area (Å²) in [6, 6.07) is 3.06. The highest BCUT2D eigenvalue weighted by Gasteiger charge is 2.08. The second-order valence-electron chi connectivity index (χ2n) is 2.57. The average molecular weight is 215 g/mol. The topological polar surface area (TPSA) is 17.1 Å². The van der Waals surface area contributed by atoms with E-state index in [0.717, 1.165) is 0 Å². The van der Waals surface area contributed by atoms with Gasteiger partial charge in [0.1, 0.15) is 5.82 Å². The summed E-state index contributed by atoms with van der Waals surface area (Å²) in [5.74, 6) is -0.328. The zero-order valence-corrected chi connectivity index (χ0v) is 7.95. The maximum absolute atomic E-state index is 13.1. The Labute approximate surface area is 82.7 Å². The van der Waals surface area contributed by atoms with E-state index in [1.54, 1.807) is 0 Å². The number of benzene rings is 1. The van der Waals surface area contributed by atoms with Crippen LogP contribution in [0.15, 0.2) is 17.5 Å². The predicted molar refractivity (Wildman–Crippen MR) is 52.2 cm³/mol. The Bertz CT molecular complexity index is 478. The third kappa shape index (κ3) is 1.34. The molecular weight excluding hydrogens is 211 g/mol.